The van der Waals surface area contributed by atoms with Crippen molar-refractivity contribution in [3.8, 4) is 5.75 Å². The van der Waals surface area contributed by atoms with Gasteiger partial charge in [-0.2, -0.15) is 0 Å². The highest BCUT2D eigenvalue weighted by Crippen LogP contribution is 2.18. The molecule has 1 fully saturated rings. The second-order valence-electron chi connectivity index (χ2n) is 7.18. The Bertz CT molecular complexity index is 756. The van der Waals surface area contributed by atoms with Crippen molar-refractivity contribution in [3.63, 3.8) is 0 Å². The van der Waals surface area contributed by atoms with Gasteiger partial charge in [0.15, 0.2) is 5.78 Å². The first-order chi connectivity index (χ1) is 13.5. The molecule has 0 saturated carbocycles. The van der Waals surface area contributed by atoms with Crippen molar-refractivity contribution in [1.82, 2.24) is 0 Å². The van der Waals surface area contributed by atoms with Gasteiger partial charge in [0.2, 0.25) is 0 Å². The fraction of sp³-hybridized carbons (Fsp3) is 0.409. The number of nitrogens with zero attached hydrogens (tertiary/aromatic N) is 1. The average molecular weight is 404 g/mol. The van der Waals surface area contributed by atoms with E-state index in [1.807, 2.05) is 19.1 Å². The number of nitrogens with one attached hydrogen (secondary N) is 1. The highest BCUT2D eigenvalue weighted by Gasteiger charge is 2.22. The molecule has 28 heavy (non-hydrogen) atoms. The van der Waals surface area contributed by atoms with Crippen LogP contribution in [0.25, 0.3) is 0 Å². The van der Waals surface area contributed by atoms with Gasteiger partial charge in [-0.1, -0.05) is 18.5 Å². The Kier molecular flexibility index (Phi) is 7.31. The Morgan fingerprint density at radius 3 is 2.39 bits per heavy atom. The molecule has 0 bridgehead atoms. The molecule has 0 spiro atoms. The number of carbonyl (C=O) groups excluding carboxylic acids is 1. The van der Waals surface area contributed by atoms with Gasteiger partial charge in [-0.3, -0.25) is 4.79 Å². The van der Waals surface area contributed by atoms with Crippen molar-refractivity contribution in [2.24, 2.45) is 0 Å². The summed E-state index contributed by atoms with van der Waals surface area (Å²) in [6, 6.07) is 15.1. The van der Waals surface area contributed by atoms with Crippen molar-refractivity contribution < 1.29 is 19.5 Å². The van der Waals surface area contributed by atoms with Gasteiger partial charge in [-0.15, -0.1) is 0 Å². The Labute approximate surface area is 171 Å². The Morgan fingerprint density at radius 2 is 1.79 bits per heavy atom. The van der Waals surface area contributed by atoms with Gasteiger partial charge in [0.1, 0.15) is 25.0 Å². The van der Waals surface area contributed by atoms with E-state index in [0.717, 1.165) is 31.2 Å². The minimum atomic E-state index is -0.519. The van der Waals surface area contributed by atoms with E-state index < -0.39 is 6.10 Å². The molecule has 1 saturated heterocycles. The lowest BCUT2D eigenvalue weighted by Crippen LogP contribution is -3.16. The zero-order valence-corrected chi connectivity index (χ0v) is 17.0. The van der Waals surface area contributed by atoms with Crippen LogP contribution in [-0.4, -0.2) is 56.3 Å². The van der Waals surface area contributed by atoms with Crippen LogP contribution in [0.15, 0.2) is 48.5 Å². The fourth-order valence-electron chi connectivity index (χ4n) is 3.46. The van der Waals surface area contributed by atoms with Gasteiger partial charge >= 0.3 is 0 Å². The molecule has 3 rings (SSSR count). The van der Waals surface area contributed by atoms with Crippen molar-refractivity contribution in [3.05, 3.63) is 59.1 Å². The number of benzene rings is 2. The molecular weight excluding hydrogens is 376 g/mol. The molecule has 2 aromatic carbocycles. The summed E-state index contributed by atoms with van der Waals surface area (Å²) in [5, 5.41) is 11.1. The minimum Gasteiger partial charge on any atom is -0.491 e. The van der Waals surface area contributed by atoms with E-state index in [1.54, 1.807) is 24.3 Å². The van der Waals surface area contributed by atoms with Crippen molar-refractivity contribution in [2.75, 3.05) is 44.2 Å². The molecule has 6 heteroatoms. The average Bonchev–Trinajstić information content (AvgIpc) is 2.73. The molecule has 0 aromatic heterocycles. The van der Waals surface area contributed by atoms with Crippen LogP contribution in [-0.2, 0) is 0 Å². The molecule has 2 aromatic rings. The molecule has 0 amide bonds. The molecule has 0 unspecified atom stereocenters. The topological polar surface area (TPSA) is 54.2 Å². The van der Waals surface area contributed by atoms with Gasteiger partial charge in [-0.25, -0.2) is 0 Å². The summed E-state index contributed by atoms with van der Waals surface area (Å²) < 4.78 is 5.68. The summed E-state index contributed by atoms with van der Waals surface area (Å²) in [7, 11) is 0. The van der Waals surface area contributed by atoms with Crippen LogP contribution in [0.2, 0.25) is 5.02 Å². The summed E-state index contributed by atoms with van der Waals surface area (Å²) >= 11 is 5.96. The second kappa shape index (κ2) is 9.92. The maximum absolute atomic E-state index is 11.6. The Morgan fingerprint density at radius 1 is 1.14 bits per heavy atom. The zero-order valence-electron chi connectivity index (χ0n) is 16.2. The van der Waals surface area contributed by atoms with E-state index in [1.165, 1.54) is 10.6 Å². The third-order valence-corrected chi connectivity index (χ3v) is 5.38. The largest absolute Gasteiger partial charge is 0.491 e. The molecule has 5 nitrogen and oxygen atoms in total. The predicted octanol–water partition coefficient (Wildman–Crippen LogP) is 2.08. The Hall–Kier alpha value is -2.08. The monoisotopic (exact) mass is 403 g/mol. The summed E-state index contributed by atoms with van der Waals surface area (Å²) in [5.74, 6) is 0.794. The van der Waals surface area contributed by atoms with E-state index in [2.05, 4.69) is 17.0 Å². The summed E-state index contributed by atoms with van der Waals surface area (Å²) in [5.41, 5.74) is 1.88. The number of aliphatic hydroxyl groups excluding tert-OH is 1. The number of hydrogen-bond acceptors (Lipinski definition) is 4. The number of carbonyl (C=O) groups is 1. The first-order valence-electron chi connectivity index (χ1n) is 9.83. The normalized spacial score (nSPS) is 16.0. The lowest BCUT2D eigenvalue weighted by Gasteiger charge is -2.34. The Balaban J connectivity index is 1.40. The molecule has 1 aliphatic rings. The van der Waals surface area contributed by atoms with E-state index in [9.17, 15) is 9.90 Å². The fourth-order valence-corrected chi connectivity index (χ4v) is 3.59. The van der Waals surface area contributed by atoms with Crippen LogP contribution in [0.1, 0.15) is 23.7 Å². The van der Waals surface area contributed by atoms with Gasteiger partial charge in [0.25, 0.3) is 0 Å². The molecule has 2 N–H and O–H groups in total. The van der Waals surface area contributed by atoms with Gasteiger partial charge in [0.05, 0.1) is 26.2 Å². The number of Topliss-reactive ketones (excluding diaryl/α,β-unsaturated/α-hetero) is 1. The highest BCUT2D eigenvalue weighted by atomic mass is 35.5. The quantitative estimate of drug-likeness (QED) is 0.663. The summed E-state index contributed by atoms with van der Waals surface area (Å²) in [6.45, 7) is 6.64. The summed E-state index contributed by atoms with van der Waals surface area (Å²) in [4.78, 5) is 15.4. The lowest BCUT2D eigenvalue weighted by atomic mass is 10.1. The van der Waals surface area contributed by atoms with Crippen LogP contribution >= 0.6 is 11.6 Å². The first kappa shape index (κ1) is 20.6. The summed E-state index contributed by atoms with van der Waals surface area (Å²) in [6.07, 6.45) is -0.0264. The van der Waals surface area contributed by atoms with E-state index in [4.69, 9.17) is 16.3 Å². The molecule has 1 aliphatic heterocycles. The number of ketones is 1. The minimum absolute atomic E-state index is 0.118. The number of halogens is 1. The van der Waals surface area contributed by atoms with Crippen LogP contribution in [0.4, 0.5) is 5.69 Å². The van der Waals surface area contributed by atoms with Crippen LogP contribution < -0.4 is 14.5 Å². The number of anilines is 1. The molecule has 1 atom stereocenters. The number of hydrogen-bond donors (Lipinski definition) is 2. The molecule has 0 radical (unpaired) electrons. The van der Waals surface area contributed by atoms with Crippen molar-refractivity contribution >= 4 is 23.1 Å². The third kappa shape index (κ3) is 5.71. The third-order valence-electron chi connectivity index (χ3n) is 5.13. The zero-order chi connectivity index (χ0) is 19.9. The van der Waals surface area contributed by atoms with Gasteiger partial charge in [0, 0.05) is 22.7 Å². The number of piperazine rings is 1. The van der Waals surface area contributed by atoms with Crippen LogP contribution in [0, 0.1) is 0 Å². The number of aliphatic hydroxyl groups is 1. The van der Waals surface area contributed by atoms with Crippen LogP contribution in [0.5, 0.6) is 5.75 Å². The maximum atomic E-state index is 11.6. The van der Waals surface area contributed by atoms with Crippen LogP contribution in [0.3, 0.4) is 0 Å². The van der Waals surface area contributed by atoms with Gasteiger partial charge in [-0.05, 0) is 48.5 Å². The highest BCUT2D eigenvalue weighted by molar-refractivity contribution is 6.30. The SMILES string of the molecule is CCC(=O)c1ccc(OC[C@@H](O)C[NH+]2CCN(c3ccc(Cl)cc3)CC2)cc1. The lowest BCUT2D eigenvalue weighted by molar-refractivity contribution is -0.903. The maximum Gasteiger partial charge on any atom is 0.162 e. The molecular formula is C22H28ClN2O3+. The van der Waals surface area contributed by atoms with E-state index in [-0.39, 0.29) is 12.4 Å². The number of ether oxygens (including phenoxy) is 1. The van der Waals surface area contributed by atoms with E-state index in [0.29, 0.717) is 24.3 Å². The smallest absolute Gasteiger partial charge is 0.162 e. The van der Waals surface area contributed by atoms with Crippen molar-refractivity contribution in [2.45, 2.75) is 19.4 Å². The number of rotatable bonds is 8. The van der Waals surface area contributed by atoms with Gasteiger partial charge < -0.3 is 19.6 Å². The molecule has 0 aliphatic carbocycles. The number of quaternary nitrogens is 1. The molecule has 150 valence electrons. The second-order valence-corrected chi connectivity index (χ2v) is 7.62. The first-order valence-corrected chi connectivity index (χ1v) is 10.2. The van der Waals surface area contributed by atoms with E-state index >= 15 is 0 Å². The van der Waals surface area contributed by atoms with Crippen molar-refractivity contribution in [1.29, 1.82) is 0 Å². The standard InChI is InChI=1S/C22H27ClN2O3/c1-2-22(27)17-3-9-21(10-4-17)28-16-20(26)15-24-11-13-25(14-12-24)19-7-5-18(23)6-8-19/h3-10,20,26H,2,11-16H2,1H3/p+1/t20-/m0/s1. The molecule has 1 heterocycles. The predicted molar refractivity (Wildman–Crippen MR) is 112 cm³/mol.